The molecule has 9 nitrogen and oxygen atoms in total. The molecule has 33 heavy (non-hydrogen) atoms. The van der Waals surface area contributed by atoms with E-state index in [0.29, 0.717) is 34.3 Å². The lowest BCUT2D eigenvalue weighted by Crippen LogP contribution is -2.15. The van der Waals surface area contributed by atoms with Gasteiger partial charge < -0.3 is 20.1 Å². The van der Waals surface area contributed by atoms with Crippen LogP contribution in [0.2, 0.25) is 0 Å². The summed E-state index contributed by atoms with van der Waals surface area (Å²) in [5.41, 5.74) is 11.1. The van der Waals surface area contributed by atoms with E-state index in [4.69, 9.17) is 15.6 Å². The van der Waals surface area contributed by atoms with Crippen molar-refractivity contribution in [3.8, 4) is 11.3 Å². The summed E-state index contributed by atoms with van der Waals surface area (Å²) in [5.74, 6) is -0.456. The Hall–Kier alpha value is -3.98. The van der Waals surface area contributed by atoms with Gasteiger partial charge in [-0.15, -0.1) is 0 Å². The van der Waals surface area contributed by atoms with Crippen molar-refractivity contribution in [2.45, 2.75) is 33.2 Å². The van der Waals surface area contributed by atoms with Crippen LogP contribution in [0.1, 0.15) is 26.0 Å². The fourth-order valence-corrected chi connectivity index (χ4v) is 4.44. The van der Waals surface area contributed by atoms with Gasteiger partial charge >= 0.3 is 5.97 Å². The van der Waals surface area contributed by atoms with Crippen LogP contribution >= 0.6 is 0 Å². The third kappa shape index (κ3) is 3.46. The number of imidazole rings is 1. The molecule has 0 aliphatic rings. The summed E-state index contributed by atoms with van der Waals surface area (Å²) < 4.78 is 3.54. The van der Waals surface area contributed by atoms with Gasteiger partial charge in [-0.3, -0.25) is 4.79 Å². The quantitative estimate of drug-likeness (QED) is 0.415. The Bertz CT molecular complexity index is 1580. The Morgan fingerprint density at radius 3 is 2.76 bits per heavy atom. The lowest BCUT2D eigenvalue weighted by atomic mass is 10.1. The molecule has 0 aliphatic carbocycles. The van der Waals surface area contributed by atoms with Gasteiger partial charge in [0.25, 0.3) is 5.56 Å². The maximum atomic E-state index is 13.2. The number of nitrogens with zero attached hydrogens (tertiary/aromatic N) is 4. The van der Waals surface area contributed by atoms with Crippen molar-refractivity contribution in [1.82, 2.24) is 24.2 Å². The molecule has 168 valence electrons. The maximum absolute atomic E-state index is 13.2. The third-order valence-electron chi connectivity index (χ3n) is 5.79. The van der Waals surface area contributed by atoms with Crippen molar-refractivity contribution in [2.24, 2.45) is 5.73 Å². The predicted octanol–water partition coefficient (Wildman–Crippen LogP) is 2.78. The number of rotatable bonds is 6. The first-order chi connectivity index (χ1) is 16.0. The smallest absolute Gasteiger partial charge is 0.329 e. The molecule has 0 radical (unpaired) electrons. The zero-order valence-electron chi connectivity index (χ0n) is 18.5. The number of aromatic nitrogens is 5. The number of nitrogens with two attached hydrogens (primary N) is 1. The van der Waals surface area contributed by atoms with E-state index in [9.17, 15) is 9.59 Å². The number of hydrogen-bond acceptors (Lipinski definition) is 6. The van der Waals surface area contributed by atoms with E-state index in [1.165, 1.54) is 18.0 Å². The summed E-state index contributed by atoms with van der Waals surface area (Å²) in [6.07, 6.45) is 3.00. The Balaban J connectivity index is 1.77. The van der Waals surface area contributed by atoms with E-state index in [1.807, 2.05) is 18.2 Å². The van der Waals surface area contributed by atoms with Crippen molar-refractivity contribution in [3.05, 3.63) is 58.8 Å². The molecule has 0 aliphatic heterocycles. The number of nitrogens with one attached hydrogen (secondary N) is 1. The number of aromatic amines is 1. The van der Waals surface area contributed by atoms with Gasteiger partial charge in [-0.05, 0) is 37.6 Å². The van der Waals surface area contributed by atoms with Crippen LogP contribution in [-0.2, 0) is 17.8 Å². The zero-order valence-corrected chi connectivity index (χ0v) is 18.5. The van der Waals surface area contributed by atoms with Gasteiger partial charge in [-0.25, -0.2) is 14.8 Å². The minimum absolute atomic E-state index is 0.266. The number of H-pyrrole nitrogens is 1. The number of carbonyl (C=O) groups is 1. The van der Waals surface area contributed by atoms with Gasteiger partial charge in [0.1, 0.15) is 17.5 Å². The summed E-state index contributed by atoms with van der Waals surface area (Å²) in [7, 11) is 0. The molecule has 3 heterocycles. The molecule has 0 atom stereocenters. The topological polar surface area (TPSA) is 121 Å². The molecule has 0 bridgehead atoms. The lowest BCUT2D eigenvalue weighted by Gasteiger charge is -2.10. The van der Waals surface area contributed by atoms with E-state index < -0.39 is 5.97 Å². The van der Waals surface area contributed by atoms with E-state index in [1.54, 1.807) is 12.1 Å². The summed E-state index contributed by atoms with van der Waals surface area (Å²) in [6.45, 7) is 4.76. The van der Waals surface area contributed by atoms with Crippen LogP contribution in [-0.4, -0.2) is 36.8 Å². The largest absolute Gasteiger partial charge is 0.344 e. The van der Waals surface area contributed by atoms with Crippen molar-refractivity contribution >= 4 is 38.9 Å². The first-order valence-electron chi connectivity index (χ1n) is 10.9. The summed E-state index contributed by atoms with van der Waals surface area (Å²) in [6, 6.07) is 11.5. The molecule has 0 unspecified atom stereocenters. The normalized spacial score (nSPS) is 11.6. The zero-order chi connectivity index (χ0) is 23.1. The lowest BCUT2D eigenvalue weighted by molar-refractivity contribution is -0.141. The molecule has 5 aromatic rings. The molecule has 0 spiro atoms. The van der Waals surface area contributed by atoms with Crippen LogP contribution in [0.3, 0.4) is 0 Å². The van der Waals surface area contributed by atoms with Gasteiger partial charge in [0.05, 0.1) is 16.6 Å². The average molecular weight is 444 g/mol. The summed E-state index contributed by atoms with van der Waals surface area (Å²) in [4.78, 5) is 41.8. The van der Waals surface area contributed by atoms with Crippen molar-refractivity contribution < 1.29 is 9.63 Å². The minimum atomic E-state index is -0.456. The van der Waals surface area contributed by atoms with Crippen LogP contribution in [0.4, 0.5) is 0 Å². The standard InChI is InChI=1S/C24H24N6O3/c1-3-19-22(15-7-4-5-8-20(15)29(19)10-6-9-25)23-24(32)28-16-11-18-21(12-17(16)27-23)30(13-26-18)33-14(2)31/h4-5,7-8,11-13H,3,6,9-10,25H2,1-2H3,(H,28,32). The van der Waals surface area contributed by atoms with Crippen LogP contribution in [0.15, 0.2) is 47.5 Å². The molecule has 3 N–H and O–H groups in total. The minimum Gasteiger partial charge on any atom is -0.344 e. The van der Waals surface area contributed by atoms with Gasteiger partial charge in [-0.1, -0.05) is 25.1 Å². The number of fused-ring (bicyclic) bond motifs is 3. The van der Waals surface area contributed by atoms with E-state index >= 15 is 0 Å². The SMILES string of the molecule is CCc1c(-c2nc3cc4c(cc3[nH]c2=O)ncn4OC(C)=O)c2ccccc2n1CCCN. The molecular weight excluding hydrogens is 420 g/mol. The number of aryl methyl sites for hydroxylation is 1. The molecular formula is C24H24N6O3. The van der Waals surface area contributed by atoms with Crippen molar-refractivity contribution in [1.29, 1.82) is 0 Å². The maximum Gasteiger partial charge on any atom is 0.329 e. The Labute approximate surface area is 188 Å². The first-order valence-corrected chi connectivity index (χ1v) is 10.9. The van der Waals surface area contributed by atoms with Gasteiger partial charge in [0, 0.05) is 35.6 Å². The molecule has 0 fully saturated rings. The predicted molar refractivity (Wildman–Crippen MR) is 127 cm³/mol. The van der Waals surface area contributed by atoms with Gasteiger partial charge in [0.2, 0.25) is 0 Å². The number of benzene rings is 2. The van der Waals surface area contributed by atoms with Crippen LogP contribution < -0.4 is 16.1 Å². The highest BCUT2D eigenvalue weighted by molar-refractivity contribution is 5.99. The molecule has 0 amide bonds. The van der Waals surface area contributed by atoms with Gasteiger partial charge in [-0.2, -0.15) is 4.73 Å². The van der Waals surface area contributed by atoms with Crippen molar-refractivity contribution in [3.63, 3.8) is 0 Å². The fourth-order valence-electron chi connectivity index (χ4n) is 4.44. The highest BCUT2D eigenvalue weighted by Gasteiger charge is 2.21. The second-order valence-electron chi connectivity index (χ2n) is 7.91. The second-order valence-corrected chi connectivity index (χ2v) is 7.91. The third-order valence-corrected chi connectivity index (χ3v) is 5.79. The molecule has 0 saturated heterocycles. The second kappa shape index (κ2) is 8.18. The monoisotopic (exact) mass is 444 g/mol. The van der Waals surface area contributed by atoms with Crippen LogP contribution in [0, 0.1) is 0 Å². The van der Waals surface area contributed by atoms with Crippen LogP contribution in [0.25, 0.3) is 44.2 Å². The van der Waals surface area contributed by atoms with Crippen molar-refractivity contribution in [2.75, 3.05) is 6.54 Å². The van der Waals surface area contributed by atoms with E-state index in [2.05, 4.69) is 27.5 Å². The highest BCUT2D eigenvalue weighted by atomic mass is 16.7. The molecule has 2 aromatic carbocycles. The summed E-state index contributed by atoms with van der Waals surface area (Å²) in [5, 5.41) is 0.981. The van der Waals surface area contributed by atoms with Crippen LogP contribution in [0.5, 0.6) is 0 Å². The molecule has 0 saturated carbocycles. The molecule has 3 aromatic heterocycles. The van der Waals surface area contributed by atoms with Gasteiger partial charge in [0.15, 0.2) is 0 Å². The Morgan fingerprint density at radius 1 is 1.18 bits per heavy atom. The fraction of sp³-hybridized carbons (Fsp3) is 0.250. The average Bonchev–Trinajstić information content (AvgIpc) is 3.33. The Kier molecular flexibility index (Phi) is 5.18. The van der Waals surface area contributed by atoms with E-state index in [-0.39, 0.29) is 5.56 Å². The first kappa shape index (κ1) is 20.9. The summed E-state index contributed by atoms with van der Waals surface area (Å²) >= 11 is 0. The molecule has 5 rings (SSSR count). The number of para-hydroxylation sites is 1. The number of carbonyl (C=O) groups excluding carboxylic acids is 1. The highest BCUT2D eigenvalue weighted by Crippen LogP contribution is 2.34. The number of hydrogen-bond donors (Lipinski definition) is 2. The van der Waals surface area contributed by atoms with E-state index in [0.717, 1.165) is 41.5 Å². The molecule has 9 heteroatoms. The Morgan fingerprint density at radius 2 is 2.00 bits per heavy atom.